The monoisotopic (exact) mass is 287 g/mol. The standard InChI is InChI=1S/C15H17N3O3/c1-18-7-6-11(8-14(18)20)15(21)17-9-13(19)10-2-4-12(16)5-3-10/h2-8,13,19H,9,16H2,1H3,(H,17,21). The van der Waals surface area contributed by atoms with Crippen LogP contribution in [0.1, 0.15) is 22.0 Å². The molecule has 1 aromatic heterocycles. The molecule has 1 atom stereocenters. The first-order valence-electron chi connectivity index (χ1n) is 6.46. The number of aliphatic hydroxyl groups is 1. The first-order valence-corrected chi connectivity index (χ1v) is 6.46. The molecule has 0 fully saturated rings. The number of hydrogen-bond acceptors (Lipinski definition) is 4. The van der Waals surface area contributed by atoms with Crippen LogP contribution in [0.25, 0.3) is 0 Å². The lowest BCUT2D eigenvalue weighted by Crippen LogP contribution is -2.29. The van der Waals surface area contributed by atoms with Gasteiger partial charge < -0.3 is 20.7 Å². The van der Waals surface area contributed by atoms with E-state index in [1.54, 1.807) is 37.4 Å². The number of hydrogen-bond donors (Lipinski definition) is 3. The SMILES string of the molecule is Cn1ccc(C(=O)NCC(O)c2ccc(N)cc2)cc1=O. The maximum absolute atomic E-state index is 11.9. The highest BCUT2D eigenvalue weighted by Crippen LogP contribution is 2.13. The Morgan fingerprint density at radius 3 is 2.62 bits per heavy atom. The van der Waals surface area contributed by atoms with Gasteiger partial charge in [0.25, 0.3) is 11.5 Å². The van der Waals surface area contributed by atoms with E-state index >= 15 is 0 Å². The molecule has 6 heteroatoms. The second-order valence-electron chi connectivity index (χ2n) is 4.76. The molecular formula is C15H17N3O3. The Bertz CT molecular complexity index is 692. The zero-order valence-corrected chi connectivity index (χ0v) is 11.6. The molecule has 4 N–H and O–H groups in total. The smallest absolute Gasteiger partial charge is 0.251 e. The lowest BCUT2D eigenvalue weighted by atomic mass is 10.1. The van der Waals surface area contributed by atoms with Crippen molar-refractivity contribution in [3.05, 3.63) is 64.1 Å². The molecule has 0 aliphatic rings. The van der Waals surface area contributed by atoms with Crippen LogP contribution in [0.2, 0.25) is 0 Å². The number of pyridine rings is 1. The second-order valence-corrected chi connectivity index (χ2v) is 4.76. The predicted octanol–water partition coefficient (Wildman–Crippen LogP) is 0.431. The van der Waals surface area contributed by atoms with E-state index in [0.29, 0.717) is 11.3 Å². The molecule has 2 aromatic rings. The van der Waals surface area contributed by atoms with Gasteiger partial charge in [-0.3, -0.25) is 9.59 Å². The highest BCUT2D eigenvalue weighted by atomic mass is 16.3. The first kappa shape index (κ1) is 14.8. The summed E-state index contributed by atoms with van der Waals surface area (Å²) in [6, 6.07) is 9.56. The van der Waals surface area contributed by atoms with Crippen LogP contribution in [-0.2, 0) is 7.05 Å². The molecule has 21 heavy (non-hydrogen) atoms. The van der Waals surface area contributed by atoms with Crippen LogP contribution in [0.4, 0.5) is 5.69 Å². The topological polar surface area (TPSA) is 97.3 Å². The number of carbonyl (C=O) groups excluding carboxylic acids is 1. The number of aryl methyl sites for hydroxylation is 1. The third-order valence-corrected chi connectivity index (χ3v) is 3.14. The van der Waals surface area contributed by atoms with Gasteiger partial charge in [0, 0.05) is 37.1 Å². The zero-order chi connectivity index (χ0) is 15.4. The Balaban J connectivity index is 1.98. The maximum atomic E-state index is 11.9. The lowest BCUT2D eigenvalue weighted by molar-refractivity contribution is 0.0916. The number of anilines is 1. The van der Waals surface area contributed by atoms with Crippen molar-refractivity contribution in [2.75, 3.05) is 12.3 Å². The summed E-state index contributed by atoms with van der Waals surface area (Å²) in [6.45, 7) is 0.0535. The summed E-state index contributed by atoms with van der Waals surface area (Å²) in [7, 11) is 1.61. The number of aromatic nitrogens is 1. The molecule has 0 radical (unpaired) electrons. The van der Waals surface area contributed by atoms with E-state index in [0.717, 1.165) is 0 Å². The normalized spacial score (nSPS) is 11.9. The lowest BCUT2D eigenvalue weighted by Gasteiger charge is -2.12. The van der Waals surface area contributed by atoms with Crippen molar-refractivity contribution < 1.29 is 9.90 Å². The Labute approximate surface area is 121 Å². The van der Waals surface area contributed by atoms with Crippen LogP contribution in [-0.4, -0.2) is 22.1 Å². The minimum absolute atomic E-state index is 0.0535. The van der Waals surface area contributed by atoms with Crippen molar-refractivity contribution in [3.63, 3.8) is 0 Å². The largest absolute Gasteiger partial charge is 0.399 e. The number of nitrogens with two attached hydrogens (primary N) is 1. The Morgan fingerprint density at radius 2 is 2.00 bits per heavy atom. The third kappa shape index (κ3) is 3.70. The molecule has 0 bridgehead atoms. The van der Waals surface area contributed by atoms with Gasteiger partial charge in [0.15, 0.2) is 0 Å². The molecular weight excluding hydrogens is 270 g/mol. The van der Waals surface area contributed by atoms with Crippen LogP contribution in [0.5, 0.6) is 0 Å². The number of nitrogen functional groups attached to an aromatic ring is 1. The molecule has 1 amide bonds. The van der Waals surface area contributed by atoms with Gasteiger partial charge >= 0.3 is 0 Å². The molecule has 0 saturated carbocycles. The third-order valence-electron chi connectivity index (χ3n) is 3.14. The number of rotatable bonds is 4. The average molecular weight is 287 g/mol. The highest BCUT2D eigenvalue weighted by molar-refractivity contribution is 5.93. The number of nitrogens with one attached hydrogen (secondary N) is 1. The molecule has 0 aliphatic carbocycles. The molecule has 110 valence electrons. The van der Waals surface area contributed by atoms with E-state index in [4.69, 9.17) is 5.73 Å². The molecule has 1 unspecified atom stereocenters. The summed E-state index contributed by atoms with van der Waals surface area (Å²) in [5.41, 5.74) is 6.84. The number of amides is 1. The fourth-order valence-electron chi connectivity index (χ4n) is 1.82. The Kier molecular flexibility index (Phi) is 4.39. The van der Waals surface area contributed by atoms with Crippen LogP contribution >= 0.6 is 0 Å². The van der Waals surface area contributed by atoms with E-state index in [9.17, 15) is 14.7 Å². The van der Waals surface area contributed by atoms with Gasteiger partial charge in [-0.05, 0) is 23.8 Å². The molecule has 1 aromatic carbocycles. The van der Waals surface area contributed by atoms with Crippen LogP contribution in [0.15, 0.2) is 47.4 Å². The van der Waals surface area contributed by atoms with Crippen LogP contribution < -0.4 is 16.6 Å². The van der Waals surface area contributed by atoms with Crippen molar-refractivity contribution >= 4 is 11.6 Å². The van der Waals surface area contributed by atoms with Crippen molar-refractivity contribution in [1.82, 2.24) is 9.88 Å². The van der Waals surface area contributed by atoms with Crippen molar-refractivity contribution in [2.45, 2.75) is 6.10 Å². The highest BCUT2D eigenvalue weighted by Gasteiger charge is 2.11. The quantitative estimate of drug-likeness (QED) is 0.710. The van der Waals surface area contributed by atoms with Gasteiger partial charge in [0.1, 0.15) is 0 Å². The zero-order valence-electron chi connectivity index (χ0n) is 11.6. The molecule has 1 heterocycles. The fourth-order valence-corrected chi connectivity index (χ4v) is 1.82. The number of carbonyl (C=O) groups is 1. The number of nitrogens with zero attached hydrogens (tertiary/aromatic N) is 1. The maximum Gasteiger partial charge on any atom is 0.251 e. The molecule has 0 spiro atoms. The minimum atomic E-state index is -0.832. The van der Waals surface area contributed by atoms with E-state index < -0.39 is 12.0 Å². The molecule has 0 aliphatic heterocycles. The van der Waals surface area contributed by atoms with Crippen molar-refractivity contribution in [2.24, 2.45) is 7.05 Å². The molecule has 2 rings (SSSR count). The summed E-state index contributed by atoms with van der Waals surface area (Å²) in [6.07, 6.45) is 0.689. The van der Waals surface area contributed by atoms with Gasteiger partial charge in [-0.2, -0.15) is 0 Å². The van der Waals surface area contributed by atoms with E-state index in [2.05, 4.69) is 5.32 Å². The summed E-state index contributed by atoms with van der Waals surface area (Å²) < 4.78 is 1.38. The van der Waals surface area contributed by atoms with Gasteiger partial charge in [0.2, 0.25) is 0 Å². The van der Waals surface area contributed by atoms with Gasteiger partial charge in [0.05, 0.1) is 6.10 Å². The molecule has 0 saturated heterocycles. The predicted molar refractivity (Wildman–Crippen MR) is 79.8 cm³/mol. The van der Waals surface area contributed by atoms with Crippen LogP contribution in [0.3, 0.4) is 0 Å². The minimum Gasteiger partial charge on any atom is -0.399 e. The number of benzene rings is 1. The van der Waals surface area contributed by atoms with Crippen molar-refractivity contribution in [1.29, 1.82) is 0 Å². The Hall–Kier alpha value is -2.60. The number of aliphatic hydroxyl groups excluding tert-OH is 1. The van der Waals surface area contributed by atoms with Gasteiger partial charge in [-0.1, -0.05) is 12.1 Å². The van der Waals surface area contributed by atoms with E-state index in [-0.39, 0.29) is 17.7 Å². The summed E-state index contributed by atoms with van der Waals surface area (Å²) in [5, 5.41) is 12.6. The fraction of sp³-hybridized carbons (Fsp3) is 0.200. The first-order chi connectivity index (χ1) is 9.97. The summed E-state index contributed by atoms with van der Waals surface area (Å²) >= 11 is 0. The van der Waals surface area contributed by atoms with Gasteiger partial charge in [-0.25, -0.2) is 0 Å². The van der Waals surface area contributed by atoms with Gasteiger partial charge in [-0.15, -0.1) is 0 Å². The summed E-state index contributed by atoms with van der Waals surface area (Å²) in [5.74, 6) is -0.401. The van der Waals surface area contributed by atoms with E-state index in [1.807, 2.05) is 0 Å². The van der Waals surface area contributed by atoms with Crippen LogP contribution in [0, 0.1) is 0 Å². The summed E-state index contributed by atoms with van der Waals surface area (Å²) in [4.78, 5) is 23.4. The second kappa shape index (κ2) is 6.23. The van der Waals surface area contributed by atoms with Crippen molar-refractivity contribution in [3.8, 4) is 0 Å². The Morgan fingerprint density at radius 1 is 1.33 bits per heavy atom. The molecule has 6 nitrogen and oxygen atoms in total. The van der Waals surface area contributed by atoms with E-state index in [1.165, 1.54) is 16.8 Å². The average Bonchev–Trinajstić information content (AvgIpc) is 2.48.